The number of hydrogen-bond donors (Lipinski definition) is 1. The number of aromatic nitrogens is 1. The van der Waals surface area contributed by atoms with E-state index in [1.807, 2.05) is 25.1 Å². The summed E-state index contributed by atoms with van der Waals surface area (Å²) < 4.78 is 0. The molecule has 4 heteroatoms. The van der Waals surface area contributed by atoms with Gasteiger partial charge in [0.1, 0.15) is 5.82 Å². The van der Waals surface area contributed by atoms with Crippen molar-refractivity contribution in [2.75, 3.05) is 25.0 Å². The topological polar surface area (TPSA) is 52.0 Å². The van der Waals surface area contributed by atoms with Crippen LogP contribution < -0.4 is 5.32 Å². The van der Waals surface area contributed by atoms with Gasteiger partial charge in [-0.1, -0.05) is 6.07 Å². The summed E-state index contributed by atoms with van der Waals surface area (Å²) >= 11 is 0. The minimum absolute atomic E-state index is 0.542. The predicted octanol–water partition coefficient (Wildman–Crippen LogP) is 2.18. The first-order valence-corrected chi connectivity index (χ1v) is 6.58. The van der Waals surface area contributed by atoms with E-state index in [0.29, 0.717) is 12.5 Å². The molecule has 1 aromatic heterocycles. The van der Waals surface area contributed by atoms with Gasteiger partial charge in [-0.3, -0.25) is 4.90 Å². The highest BCUT2D eigenvalue weighted by Crippen LogP contribution is 2.17. The summed E-state index contributed by atoms with van der Waals surface area (Å²) in [6.07, 6.45) is 3.07. The van der Waals surface area contributed by atoms with Gasteiger partial charge in [0.15, 0.2) is 0 Å². The number of aryl methyl sites for hydroxylation is 1. The highest BCUT2D eigenvalue weighted by Gasteiger charge is 2.23. The van der Waals surface area contributed by atoms with Crippen molar-refractivity contribution < 1.29 is 0 Å². The molecule has 0 aliphatic carbocycles. The minimum atomic E-state index is 0.542. The van der Waals surface area contributed by atoms with Crippen molar-refractivity contribution in [1.29, 1.82) is 5.26 Å². The van der Waals surface area contributed by atoms with E-state index in [-0.39, 0.29) is 0 Å². The molecule has 0 spiro atoms. The molecule has 4 nitrogen and oxygen atoms in total. The zero-order chi connectivity index (χ0) is 12.8. The van der Waals surface area contributed by atoms with Gasteiger partial charge in [0.2, 0.25) is 0 Å². The van der Waals surface area contributed by atoms with Crippen LogP contribution in [0.1, 0.15) is 25.0 Å². The fraction of sp³-hybridized carbons (Fsp3) is 0.571. The first kappa shape index (κ1) is 12.8. The smallest absolute Gasteiger partial charge is 0.126 e. The Labute approximate surface area is 109 Å². The molecule has 1 unspecified atom stereocenters. The van der Waals surface area contributed by atoms with Crippen LogP contribution in [0.3, 0.4) is 0 Å². The number of pyridine rings is 1. The van der Waals surface area contributed by atoms with Crippen molar-refractivity contribution in [1.82, 2.24) is 9.88 Å². The van der Waals surface area contributed by atoms with Gasteiger partial charge in [0, 0.05) is 31.2 Å². The maximum Gasteiger partial charge on any atom is 0.126 e. The lowest BCUT2D eigenvalue weighted by atomic mass is 10.2. The summed E-state index contributed by atoms with van der Waals surface area (Å²) in [7, 11) is 0. The second-order valence-corrected chi connectivity index (χ2v) is 4.79. The lowest BCUT2D eigenvalue weighted by molar-refractivity contribution is 0.268. The number of rotatable bonds is 5. The van der Waals surface area contributed by atoms with Crippen LogP contribution in [0.2, 0.25) is 0 Å². The summed E-state index contributed by atoms with van der Waals surface area (Å²) in [4.78, 5) is 6.85. The van der Waals surface area contributed by atoms with Crippen molar-refractivity contribution >= 4 is 5.82 Å². The van der Waals surface area contributed by atoms with Crippen LogP contribution in [0, 0.1) is 18.3 Å². The Morgan fingerprint density at radius 1 is 1.56 bits per heavy atom. The molecule has 0 aromatic carbocycles. The third-order valence-corrected chi connectivity index (χ3v) is 3.42. The molecule has 1 N–H and O–H groups in total. The van der Waals surface area contributed by atoms with Crippen LogP contribution in [-0.2, 0) is 0 Å². The summed E-state index contributed by atoms with van der Waals surface area (Å²) in [5.74, 6) is 0.946. The highest BCUT2D eigenvalue weighted by atomic mass is 15.2. The Morgan fingerprint density at radius 2 is 2.44 bits per heavy atom. The molecule has 1 aromatic rings. The molecular formula is C14H20N4. The van der Waals surface area contributed by atoms with Crippen molar-refractivity contribution in [3.8, 4) is 6.07 Å². The summed E-state index contributed by atoms with van der Waals surface area (Å²) in [5.41, 5.74) is 1.03. The first-order chi connectivity index (χ1) is 8.79. The fourth-order valence-electron chi connectivity index (χ4n) is 2.48. The van der Waals surface area contributed by atoms with E-state index in [2.05, 4.69) is 21.3 Å². The van der Waals surface area contributed by atoms with Gasteiger partial charge in [-0.15, -0.1) is 0 Å². The summed E-state index contributed by atoms with van der Waals surface area (Å²) in [6.45, 7) is 4.93. The van der Waals surface area contributed by atoms with Gasteiger partial charge in [-0.25, -0.2) is 4.98 Å². The van der Waals surface area contributed by atoms with E-state index in [9.17, 15) is 0 Å². The number of nitrogens with zero attached hydrogens (tertiary/aromatic N) is 3. The van der Waals surface area contributed by atoms with E-state index < -0.39 is 0 Å². The maximum absolute atomic E-state index is 8.65. The second kappa shape index (κ2) is 6.36. The standard InChI is InChI=1S/C14H20N4/c1-12-5-2-7-14(17-12)16-11-13-6-3-9-18(13)10-4-8-15/h2,5,7,13H,3-4,6,9-11H2,1H3,(H,16,17). The third-order valence-electron chi connectivity index (χ3n) is 3.42. The molecule has 1 fully saturated rings. The van der Waals surface area contributed by atoms with Crippen LogP contribution in [0.25, 0.3) is 0 Å². The maximum atomic E-state index is 8.65. The average molecular weight is 244 g/mol. The number of anilines is 1. The molecule has 0 bridgehead atoms. The SMILES string of the molecule is Cc1cccc(NCC2CCCN2CCC#N)n1. The van der Waals surface area contributed by atoms with Gasteiger partial charge in [0.05, 0.1) is 6.07 Å². The Balaban J connectivity index is 1.84. The van der Waals surface area contributed by atoms with Gasteiger partial charge in [-0.05, 0) is 38.4 Å². The Morgan fingerprint density at radius 3 is 3.22 bits per heavy atom. The molecule has 1 atom stereocenters. The predicted molar refractivity (Wildman–Crippen MR) is 72.3 cm³/mol. The molecular weight excluding hydrogens is 224 g/mol. The van der Waals surface area contributed by atoms with E-state index in [1.165, 1.54) is 12.8 Å². The number of nitrogens with one attached hydrogen (secondary N) is 1. The zero-order valence-electron chi connectivity index (χ0n) is 10.9. The second-order valence-electron chi connectivity index (χ2n) is 4.79. The Bertz CT molecular complexity index is 424. The third kappa shape index (κ3) is 3.44. The molecule has 1 saturated heterocycles. The monoisotopic (exact) mass is 244 g/mol. The number of hydrogen-bond acceptors (Lipinski definition) is 4. The van der Waals surface area contributed by atoms with E-state index >= 15 is 0 Å². The van der Waals surface area contributed by atoms with Gasteiger partial charge in [0.25, 0.3) is 0 Å². The molecule has 2 rings (SSSR count). The van der Waals surface area contributed by atoms with Gasteiger partial charge >= 0.3 is 0 Å². The van der Waals surface area contributed by atoms with Crippen molar-refractivity contribution in [2.45, 2.75) is 32.2 Å². The van der Waals surface area contributed by atoms with Crippen LogP contribution in [-0.4, -0.2) is 35.6 Å². The largest absolute Gasteiger partial charge is 0.368 e. The van der Waals surface area contributed by atoms with E-state index in [0.717, 1.165) is 31.1 Å². The first-order valence-electron chi connectivity index (χ1n) is 6.58. The van der Waals surface area contributed by atoms with Gasteiger partial charge < -0.3 is 5.32 Å². The molecule has 96 valence electrons. The Kier molecular flexibility index (Phi) is 4.54. The van der Waals surface area contributed by atoms with Crippen LogP contribution in [0.15, 0.2) is 18.2 Å². The average Bonchev–Trinajstić information content (AvgIpc) is 2.81. The normalized spacial score (nSPS) is 19.7. The number of likely N-dealkylation sites (tertiary alicyclic amines) is 1. The molecule has 1 aliphatic heterocycles. The fourth-order valence-corrected chi connectivity index (χ4v) is 2.48. The van der Waals surface area contributed by atoms with Crippen molar-refractivity contribution in [3.05, 3.63) is 23.9 Å². The minimum Gasteiger partial charge on any atom is -0.368 e. The molecule has 2 heterocycles. The molecule has 0 saturated carbocycles. The summed E-state index contributed by atoms with van der Waals surface area (Å²) in [5, 5.41) is 12.0. The number of nitriles is 1. The van der Waals surface area contributed by atoms with Crippen LogP contribution in [0.5, 0.6) is 0 Å². The van der Waals surface area contributed by atoms with E-state index in [1.54, 1.807) is 0 Å². The molecule has 1 aliphatic rings. The highest BCUT2D eigenvalue weighted by molar-refractivity contribution is 5.35. The Hall–Kier alpha value is -1.60. The molecule has 0 amide bonds. The van der Waals surface area contributed by atoms with Crippen molar-refractivity contribution in [2.24, 2.45) is 0 Å². The lowest BCUT2D eigenvalue weighted by Crippen LogP contribution is -2.35. The quantitative estimate of drug-likeness (QED) is 0.862. The van der Waals surface area contributed by atoms with Crippen LogP contribution in [0.4, 0.5) is 5.82 Å². The van der Waals surface area contributed by atoms with Gasteiger partial charge in [-0.2, -0.15) is 5.26 Å². The summed E-state index contributed by atoms with van der Waals surface area (Å²) in [6, 6.07) is 8.79. The molecule has 18 heavy (non-hydrogen) atoms. The lowest BCUT2D eigenvalue weighted by Gasteiger charge is -2.23. The van der Waals surface area contributed by atoms with E-state index in [4.69, 9.17) is 5.26 Å². The zero-order valence-corrected chi connectivity index (χ0v) is 10.9. The molecule has 0 radical (unpaired) electrons. The van der Waals surface area contributed by atoms with Crippen LogP contribution >= 0.6 is 0 Å². The van der Waals surface area contributed by atoms with Crippen molar-refractivity contribution in [3.63, 3.8) is 0 Å².